The highest BCUT2D eigenvalue weighted by Gasteiger charge is 2.14. The highest BCUT2D eigenvalue weighted by molar-refractivity contribution is 6.34. The molecule has 104 valence electrons. The molecule has 0 aliphatic rings. The number of halogens is 2. The third-order valence-corrected chi connectivity index (χ3v) is 3.07. The van der Waals surface area contributed by atoms with Crippen molar-refractivity contribution < 1.29 is 13.9 Å². The molecule has 0 aliphatic carbocycles. The largest absolute Gasteiger partial charge is 0.495 e. The van der Waals surface area contributed by atoms with Crippen LogP contribution in [0.2, 0.25) is 5.02 Å². The summed E-state index contributed by atoms with van der Waals surface area (Å²) in [5.74, 6) is -0.719. The summed E-state index contributed by atoms with van der Waals surface area (Å²) in [6.45, 7) is 0. The maximum Gasteiger partial charge on any atom is 0.257 e. The minimum atomic E-state index is -0.644. The van der Waals surface area contributed by atoms with Gasteiger partial charge in [0.15, 0.2) is 0 Å². The Balaban J connectivity index is 2.26. The lowest BCUT2D eigenvalue weighted by molar-refractivity contribution is 0.102. The van der Waals surface area contributed by atoms with E-state index < -0.39 is 11.7 Å². The summed E-state index contributed by atoms with van der Waals surface area (Å²) in [5.41, 5.74) is 6.66. The Morgan fingerprint density at radius 3 is 2.80 bits per heavy atom. The smallest absolute Gasteiger partial charge is 0.257 e. The zero-order valence-corrected chi connectivity index (χ0v) is 11.4. The average Bonchev–Trinajstić information content (AvgIpc) is 2.43. The Hall–Kier alpha value is -2.27. The van der Waals surface area contributed by atoms with Gasteiger partial charge >= 0.3 is 0 Å². The van der Waals surface area contributed by atoms with Gasteiger partial charge in [-0.2, -0.15) is 0 Å². The maximum absolute atomic E-state index is 13.3. The molecule has 0 saturated heterocycles. The number of nitrogens with two attached hydrogens (primary N) is 1. The summed E-state index contributed by atoms with van der Waals surface area (Å²) in [5, 5.41) is 2.39. The number of nitrogen functional groups attached to an aromatic ring is 1. The quantitative estimate of drug-likeness (QED) is 0.854. The molecule has 2 rings (SSSR count). The molecule has 2 aromatic rings. The lowest BCUT2D eigenvalue weighted by atomic mass is 10.2. The van der Waals surface area contributed by atoms with Crippen LogP contribution in [0.1, 0.15) is 10.4 Å². The van der Waals surface area contributed by atoms with Gasteiger partial charge in [-0.15, -0.1) is 0 Å². The molecule has 1 amide bonds. The van der Waals surface area contributed by atoms with E-state index in [4.69, 9.17) is 22.1 Å². The van der Waals surface area contributed by atoms with Crippen molar-refractivity contribution in [3.63, 3.8) is 0 Å². The van der Waals surface area contributed by atoms with Crippen molar-refractivity contribution in [2.75, 3.05) is 18.2 Å². The minimum Gasteiger partial charge on any atom is -0.495 e. The van der Waals surface area contributed by atoms with E-state index in [1.54, 1.807) is 18.2 Å². The zero-order chi connectivity index (χ0) is 14.7. The van der Waals surface area contributed by atoms with Crippen LogP contribution in [0.15, 0.2) is 36.4 Å². The second kappa shape index (κ2) is 5.79. The molecule has 0 unspecified atom stereocenters. The molecule has 0 aromatic heterocycles. The normalized spacial score (nSPS) is 10.2. The number of carbonyl (C=O) groups is 1. The Labute approximate surface area is 120 Å². The van der Waals surface area contributed by atoms with Crippen molar-refractivity contribution in [2.45, 2.75) is 0 Å². The van der Waals surface area contributed by atoms with Crippen molar-refractivity contribution in [3.8, 4) is 5.75 Å². The fraction of sp³-hybridized carbons (Fsp3) is 0.0714. The number of nitrogens with one attached hydrogen (secondary N) is 1. The molecule has 20 heavy (non-hydrogen) atoms. The lowest BCUT2D eigenvalue weighted by Gasteiger charge is -2.10. The topological polar surface area (TPSA) is 64.3 Å². The van der Waals surface area contributed by atoms with Crippen LogP contribution in [-0.2, 0) is 0 Å². The lowest BCUT2D eigenvalue weighted by Crippen LogP contribution is -2.13. The molecule has 0 atom stereocenters. The Morgan fingerprint density at radius 2 is 2.10 bits per heavy atom. The number of carbonyl (C=O) groups excluding carboxylic acids is 1. The number of hydrogen-bond donors (Lipinski definition) is 2. The van der Waals surface area contributed by atoms with Crippen molar-refractivity contribution >= 4 is 28.9 Å². The molecule has 4 nitrogen and oxygen atoms in total. The van der Waals surface area contributed by atoms with Crippen LogP contribution in [0.25, 0.3) is 0 Å². The van der Waals surface area contributed by atoms with E-state index in [-0.39, 0.29) is 10.6 Å². The predicted molar refractivity (Wildman–Crippen MR) is 76.8 cm³/mol. The third-order valence-electron chi connectivity index (χ3n) is 2.69. The van der Waals surface area contributed by atoms with Crippen LogP contribution in [0.3, 0.4) is 0 Å². The number of anilines is 2. The van der Waals surface area contributed by atoms with Gasteiger partial charge in [0.25, 0.3) is 5.91 Å². The van der Waals surface area contributed by atoms with Crippen LogP contribution in [0.4, 0.5) is 15.8 Å². The summed E-state index contributed by atoms with van der Waals surface area (Å²) in [6.07, 6.45) is 0. The van der Waals surface area contributed by atoms with Crippen LogP contribution in [-0.4, -0.2) is 13.0 Å². The Morgan fingerprint density at radius 1 is 1.35 bits per heavy atom. The number of hydrogen-bond acceptors (Lipinski definition) is 3. The van der Waals surface area contributed by atoms with E-state index in [1.807, 2.05) is 0 Å². The fourth-order valence-electron chi connectivity index (χ4n) is 1.67. The molecule has 0 saturated carbocycles. The molecular formula is C14H12ClFN2O2. The monoisotopic (exact) mass is 294 g/mol. The number of benzene rings is 2. The number of methoxy groups -OCH3 is 1. The van der Waals surface area contributed by atoms with Gasteiger partial charge in [0, 0.05) is 11.8 Å². The maximum atomic E-state index is 13.3. The summed E-state index contributed by atoms with van der Waals surface area (Å²) < 4.78 is 18.4. The highest BCUT2D eigenvalue weighted by Crippen LogP contribution is 2.26. The average molecular weight is 295 g/mol. The molecule has 3 N–H and O–H groups in total. The predicted octanol–water partition coefficient (Wildman–Crippen LogP) is 3.32. The van der Waals surface area contributed by atoms with E-state index in [9.17, 15) is 9.18 Å². The number of rotatable bonds is 3. The first-order chi connectivity index (χ1) is 9.52. The van der Waals surface area contributed by atoms with Gasteiger partial charge in [-0.05, 0) is 24.3 Å². The van der Waals surface area contributed by atoms with Gasteiger partial charge in [-0.1, -0.05) is 17.7 Å². The van der Waals surface area contributed by atoms with Gasteiger partial charge < -0.3 is 15.8 Å². The standard InChI is InChI=1S/C14H12ClFN2O2/c1-20-12-7-8(5-6-11(12)17)18-14(19)9-3-2-4-10(16)13(9)15/h2-7H,17H2,1H3,(H,18,19). The molecule has 0 bridgehead atoms. The summed E-state index contributed by atoms with van der Waals surface area (Å²) >= 11 is 5.76. The van der Waals surface area contributed by atoms with E-state index in [2.05, 4.69) is 5.32 Å². The summed E-state index contributed by atoms with van der Waals surface area (Å²) in [4.78, 5) is 12.0. The number of amides is 1. The zero-order valence-electron chi connectivity index (χ0n) is 10.6. The van der Waals surface area contributed by atoms with Crippen molar-refractivity contribution in [1.82, 2.24) is 0 Å². The first-order valence-corrected chi connectivity index (χ1v) is 6.09. The van der Waals surface area contributed by atoms with E-state index in [0.717, 1.165) is 0 Å². The Kier molecular flexibility index (Phi) is 4.10. The van der Waals surface area contributed by atoms with Gasteiger partial charge in [0.2, 0.25) is 0 Å². The van der Waals surface area contributed by atoms with Crippen molar-refractivity contribution in [2.24, 2.45) is 0 Å². The fourth-order valence-corrected chi connectivity index (χ4v) is 1.88. The van der Waals surface area contributed by atoms with E-state index in [0.29, 0.717) is 17.1 Å². The van der Waals surface area contributed by atoms with Gasteiger partial charge in [0.05, 0.1) is 23.4 Å². The molecule has 0 spiro atoms. The van der Waals surface area contributed by atoms with E-state index in [1.165, 1.54) is 25.3 Å². The van der Waals surface area contributed by atoms with Crippen LogP contribution in [0.5, 0.6) is 5.75 Å². The second-order valence-electron chi connectivity index (χ2n) is 4.01. The highest BCUT2D eigenvalue weighted by atomic mass is 35.5. The van der Waals surface area contributed by atoms with Gasteiger partial charge in [-0.3, -0.25) is 4.79 Å². The molecule has 6 heteroatoms. The SMILES string of the molecule is COc1cc(NC(=O)c2cccc(F)c2Cl)ccc1N. The minimum absolute atomic E-state index is 0.0578. The Bertz CT molecular complexity index is 662. The van der Waals surface area contributed by atoms with Crippen molar-refractivity contribution in [3.05, 3.63) is 52.8 Å². The van der Waals surface area contributed by atoms with Crippen molar-refractivity contribution in [1.29, 1.82) is 0 Å². The first kappa shape index (κ1) is 14.1. The molecule has 0 radical (unpaired) electrons. The number of ether oxygens (including phenoxy) is 1. The van der Waals surface area contributed by atoms with Crippen LogP contribution in [0, 0.1) is 5.82 Å². The molecule has 2 aromatic carbocycles. The summed E-state index contributed by atoms with van der Waals surface area (Å²) in [6, 6.07) is 8.82. The first-order valence-electron chi connectivity index (χ1n) is 5.72. The van der Waals surface area contributed by atoms with Crippen LogP contribution < -0.4 is 15.8 Å². The molecule has 0 heterocycles. The molecule has 0 fully saturated rings. The van der Waals surface area contributed by atoms with Crippen LogP contribution >= 0.6 is 11.6 Å². The second-order valence-corrected chi connectivity index (χ2v) is 4.39. The van der Waals surface area contributed by atoms with Gasteiger partial charge in [0.1, 0.15) is 11.6 Å². The molecular weight excluding hydrogens is 283 g/mol. The molecule has 0 aliphatic heterocycles. The third kappa shape index (κ3) is 2.83. The summed E-state index contributed by atoms with van der Waals surface area (Å²) in [7, 11) is 1.47. The van der Waals surface area contributed by atoms with Gasteiger partial charge in [-0.25, -0.2) is 4.39 Å². The van der Waals surface area contributed by atoms with E-state index >= 15 is 0 Å².